The molecule has 7 heteroatoms. The first-order chi connectivity index (χ1) is 13.0. The molecule has 27 heavy (non-hydrogen) atoms. The topological polar surface area (TPSA) is 76.9 Å². The average Bonchev–Trinajstić information content (AvgIpc) is 2.99. The number of rotatable bonds is 3. The van der Waals surface area contributed by atoms with Crippen molar-refractivity contribution in [1.29, 1.82) is 0 Å². The van der Waals surface area contributed by atoms with E-state index in [0.29, 0.717) is 27.3 Å². The Hall–Kier alpha value is -3.32. The number of hydrogen-bond donors (Lipinski definition) is 1. The minimum Gasteiger partial charge on any atom is -0.298 e. The van der Waals surface area contributed by atoms with Crippen LogP contribution in [0.3, 0.4) is 0 Å². The van der Waals surface area contributed by atoms with Gasteiger partial charge in [0.15, 0.2) is 5.13 Å². The van der Waals surface area contributed by atoms with Crippen molar-refractivity contribution in [1.82, 2.24) is 14.5 Å². The first-order valence-electron chi connectivity index (χ1n) is 8.35. The molecule has 6 nitrogen and oxygen atoms in total. The van der Waals surface area contributed by atoms with E-state index in [1.807, 2.05) is 26.0 Å². The van der Waals surface area contributed by atoms with Gasteiger partial charge in [-0.2, -0.15) is 0 Å². The minimum atomic E-state index is -0.237. The van der Waals surface area contributed by atoms with E-state index < -0.39 is 0 Å². The molecule has 0 aliphatic rings. The number of aryl methyl sites for hydroxylation is 2. The maximum absolute atomic E-state index is 12.7. The molecule has 4 rings (SSSR count). The number of nitrogens with zero attached hydrogens (tertiary/aromatic N) is 3. The maximum Gasteiger partial charge on any atom is 0.265 e. The average molecular weight is 376 g/mol. The van der Waals surface area contributed by atoms with Gasteiger partial charge in [0.2, 0.25) is 0 Å². The van der Waals surface area contributed by atoms with Crippen LogP contribution in [-0.2, 0) is 0 Å². The number of hydrogen-bond acceptors (Lipinski definition) is 5. The molecule has 134 valence electrons. The summed E-state index contributed by atoms with van der Waals surface area (Å²) in [5, 5.41) is 3.93. The van der Waals surface area contributed by atoms with Gasteiger partial charge in [-0.3, -0.25) is 19.5 Å². The van der Waals surface area contributed by atoms with Crippen molar-refractivity contribution in [2.24, 2.45) is 0 Å². The van der Waals surface area contributed by atoms with Gasteiger partial charge in [-0.15, -0.1) is 11.3 Å². The van der Waals surface area contributed by atoms with Crippen LogP contribution in [0.2, 0.25) is 0 Å². The molecule has 2 aromatic heterocycles. The third-order valence-corrected chi connectivity index (χ3v) is 5.31. The quantitative estimate of drug-likeness (QED) is 0.591. The highest BCUT2D eigenvalue weighted by Gasteiger charge is 2.11. The number of anilines is 1. The van der Waals surface area contributed by atoms with E-state index in [9.17, 15) is 9.59 Å². The largest absolute Gasteiger partial charge is 0.298 e. The van der Waals surface area contributed by atoms with Crippen LogP contribution in [0.5, 0.6) is 0 Å². The lowest BCUT2D eigenvalue weighted by Gasteiger charge is -2.08. The Bertz CT molecular complexity index is 1190. The fourth-order valence-electron chi connectivity index (χ4n) is 2.72. The summed E-state index contributed by atoms with van der Waals surface area (Å²) in [6.45, 7) is 3.87. The molecule has 0 aliphatic heterocycles. The van der Waals surface area contributed by atoms with E-state index in [1.54, 1.807) is 36.4 Å². The molecule has 2 heterocycles. The zero-order valence-electron chi connectivity index (χ0n) is 14.8. The van der Waals surface area contributed by atoms with Gasteiger partial charge in [0, 0.05) is 10.4 Å². The van der Waals surface area contributed by atoms with Crippen LogP contribution in [0.25, 0.3) is 16.6 Å². The molecular formula is C20H16N4O2S. The number of fused-ring (bicyclic) bond motifs is 1. The number of thiazole rings is 1. The van der Waals surface area contributed by atoms with Crippen LogP contribution in [0.1, 0.15) is 20.9 Å². The summed E-state index contributed by atoms with van der Waals surface area (Å²) in [6.07, 6.45) is 1.50. The van der Waals surface area contributed by atoms with Gasteiger partial charge in [0.1, 0.15) is 6.33 Å². The van der Waals surface area contributed by atoms with Crippen LogP contribution >= 0.6 is 11.3 Å². The Morgan fingerprint density at radius 3 is 2.52 bits per heavy atom. The highest BCUT2D eigenvalue weighted by Crippen LogP contribution is 2.22. The highest BCUT2D eigenvalue weighted by atomic mass is 32.1. The molecule has 0 bridgehead atoms. The fourth-order valence-corrected chi connectivity index (χ4v) is 3.53. The SMILES string of the molecule is Cc1nc(NC(=O)c2ccc(-n3cnc4ccccc4c3=O)cc2)sc1C. The van der Waals surface area contributed by atoms with Crippen molar-refractivity contribution >= 4 is 33.3 Å². The molecule has 0 saturated heterocycles. The Morgan fingerprint density at radius 2 is 1.81 bits per heavy atom. The van der Waals surface area contributed by atoms with E-state index in [2.05, 4.69) is 15.3 Å². The first-order valence-corrected chi connectivity index (χ1v) is 9.17. The minimum absolute atomic E-state index is 0.147. The van der Waals surface area contributed by atoms with Gasteiger partial charge >= 0.3 is 0 Å². The number of nitrogens with one attached hydrogen (secondary N) is 1. The Morgan fingerprint density at radius 1 is 1.07 bits per heavy atom. The second kappa shape index (κ2) is 6.77. The van der Waals surface area contributed by atoms with Crippen molar-refractivity contribution in [2.45, 2.75) is 13.8 Å². The molecule has 0 radical (unpaired) electrons. The van der Waals surface area contributed by atoms with Crippen LogP contribution in [-0.4, -0.2) is 20.4 Å². The van der Waals surface area contributed by atoms with Crippen molar-refractivity contribution in [2.75, 3.05) is 5.32 Å². The number of para-hydroxylation sites is 1. The van der Waals surface area contributed by atoms with Gasteiger partial charge in [-0.1, -0.05) is 12.1 Å². The number of aromatic nitrogens is 3. The van der Waals surface area contributed by atoms with E-state index in [1.165, 1.54) is 22.2 Å². The van der Waals surface area contributed by atoms with Crippen molar-refractivity contribution < 1.29 is 4.79 Å². The van der Waals surface area contributed by atoms with Crippen molar-refractivity contribution in [3.05, 3.63) is 81.3 Å². The van der Waals surface area contributed by atoms with Crippen LogP contribution in [0.4, 0.5) is 5.13 Å². The van der Waals surface area contributed by atoms with E-state index >= 15 is 0 Å². The monoisotopic (exact) mass is 376 g/mol. The molecule has 1 N–H and O–H groups in total. The molecule has 0 fully saturated rings. The van der Waals surface area contributed by atoms with Crippen LogP contribution < -0.4 is 10.9 Å². The molecular weight excluding hydrogens is 360 g/mol. The normalized spacial score (nSPS) is 10.9. The summed E-state index contributed by atoms with van der Waals surface area (Å²) in [7, 11) is 0. The third kappa shape index (κ3) is 3.24. The summed E-state index contributed by atoms with van der Waals surface area (Å²) < 4.78 is 1.47. The summed E-state index contributed by atoms with van der Waals surface area (Å²) in [4.78, 5) is 34.8. The predicted molar refractivity (Wildman–Crippen MR) is 107 cm³/mol. The molecule has 4 aromatic rings. The smallest absolute Gasteiger partial charge is 0.265 e. The summed E-state index contributed by atoms with van der Waals surface area (Å²) in [6, 6.07) is 14.0. The zero-order valence-corrected chi connectivity index (χ0v) is 15.6. The van der Waals surface area contributed by atoms with Gasteiger partial charge in [-0.05, 0) is 50.2 Å². The lowest BCUT2D eigenvalue weighted by atomic mass is 10.2. The standard InChI is InChI=1S/C20H16N4O2S/c1-12-13(2)27-20(22-12)23-18(25)14-7-9-15(10-8-14)24-11-21-17-6-4-3-5-16(17)19(24)26/h3-11H,1-2H3,(H,22,23,25). The second-order valence-electron chi connectivity index (χ2n) is 6.10. The highest BCUT2D eigenvalue weighted by molar-refractivity contribution is 7.15. The number of carbonyl (C=O) groups excluding carboxylic acids is 1. The molecule has 1 amide bonds. The van der Waals surface area contributed by atoms with Gasteiger partial charge in [-0.25, -0.2) is 9.97 Å². The van der Waals surface area contributed by atoms with Crippen molar-refractivity contribution in [3.8, 4) is 5.69 Å². The van der Waals surface area contributed by atoms with Gasteiger partial charge in [0.05, 0.1) is 22.3 Å². The summed E-state index contributed by atoms with van der Waals surface area (Å²) in [5.41, 5.74) is 2.56. The summed E-state index contributed by atoms with van der Waals surface area (Å²) >= 11 is 1.44. The van der Waals surface area contributed by atoms with E-state index in [4.69, 9.17) is 0 Å². The van der Waals surface area contributed by atoms with E-state index in [0.717, 1.165) is 10.6 Å². The molecule has 0 unspecified atom stereocenters. The molecule has 0 saturated carbocycles. The third-order valence-electron chi connectivity index (χ3n) is 4.32. The number of benzene rings is 2. The fraction of sp³-hybridized carbons (Fsp3) is 0.100. The second-order valence-corrected chi connectivity index (χ2v) is 7.30. The van der Waals surface area contributed by atoms with Gasteiger partial charge in [0.25, 0.3) is 11.5 Å². The number of amides is 1. The molecule has 2 aromatic carbocycles. The lowest BCUT2D eigenvalue weighted by Crippen LogP contribution is -2.19. The van der Waals surface area contributed by atoms with Gasteiger partial charge < -0.3 is 0 Å². The Labute approximate surface area is 159 Å². The predicted octanol–water partition coefficient (Wildman–Crippen LogP) is 3.71. The molecule has 0 spiro atoms. The lowest BCUT2D eigenvalue weighted by molar-refractivity contribution is 0.102. The van der Waals surface area contributed by atoms with Crippen LogP contribution in [0.15, 0.2) is 59.7 Å². The van der Waals surface area contributed by atoms with Crippen molar-refractivity contribution in [3.63, 3.8) is 0 Å². The van der Waals surface area contributed by atoms with E-state index in [-0.39, 0.29) is 11.5 Å². The van der Waals surface area contributed by atoms with Crippen LogP contribution in [0, 0.1) is 13.8 Å². The number of carbonyl (C=O) groups is 1. The first kappa shape index (κ1) is 17.1. The maximum atomic E-state index is 12.7. The zero-order chi connectivity index (χ0) is 19.0. The molecule has 0 atom stereocenters. The summed E-state index contributed by atoms with van der Waals surface area (Å²) in [5.74, 6) is -0.237. The Kier molecular flexibility index (Phi) is 4.29. The molecule has 0 aliphatic carbocycles. The Balaban J connectivity index is 1.61.